The van der Waals surface area contributed by atoms with Crippen molar-refractivity contribution in [2.75, 3.05) is 5.32 Å². The first-order valence-corrected chi connectivity index (χ1v) is 7.97. The summed E-state index contributed by atoms with van der Waals surface area (Å²) in [6.07, 6.45) is 0. The smallest absolute Gasteiger partial charge is 0.193 e. The first-order valence-electron chi connectivity index (χ1n) is 7.97. The summed E-state index contributed by atoms with van der Waals surface area (Å²) in [6.45, 7) is 0.492. The van der Waals surface area contributed by atoms with Gasteiger partial charge in [-0.05, 0) is 34.9 Å². The maximum atomic E-state index is 9.21. The van der Waals surface area contributed by atoms with Gasteiger partial charge in [-0.15, -0.1) is 0 Å². The van der Waals surface area contributed by atoms with E-state index >= 15 is 0 Å². The van der Waals surface area contributed by atoms with E-state index < -0.39 is 0 Å². The molecule has 25 heavy (non-hydrogen) atoms. The largest absolute Gasteiger partial charge is 0.370 e. The van der Waals surface area contributed by atoms with Crippen LogP contribution >= 0.6 is 0 Å². The highest BCUT2D eigenvalue weighted by Crippen LogP contribution is 2.23. The van der Waals surface area contributed by atoms with E-state index in [0.29, 0.717) is 18.1 Å². The van der Waals surface area contributed by atoms with E-state index in [2.05, 4.69) is 16.4 Å². The third kappa shape index (κ3) is 4.24. The minimum Gasteiger partial charge on any atom is -0.370 e. The zero-order chi connectivity index (χ0) is 17.5. The lowest BCUT2D eigenvalue weighted by atomic mass is 9.99. The maximum absolute atomic E-state index is 9.21. The van der Waals surface area contributed by atoms with Crippen molar-refractivity contribution in [3.8, 4) is 17.2 Å². The number of benzene rings is 3. The van der Waals surface area contributed by atoms with Gasteiger partial charge in [-0.1, -0.05) is 60.7 Å². The fourth-order valence-electron chi connectivity index (χ4n) is 2.51. The van der Waals surface area contributed by atoms with E-state index in [1.54, 1.807) is 0 Å². The van der Waals surface area contributed by atoms with Gasteiger partial charge in [0, 0.05) is 5.69 Å². The lowest BCUT2D eigenvalue weighted by molar-refractivity contribution is 1.06. The van der Waals surface area contributed by atoms with E-state index in [9.17, 15) is 5.26 Å². The van der Waals surface area contributed by atoms with Crippen LogP contribution in [0, 0.1) is 11.3 Å². The van der Waals surface area contributed by atoms with Gasteiger partial charge in [-0.25, -0.2) is 4.99 Å². The van der Waals surface area contributed by atoms with Crippen LogP contribution in [0.4, 0.5) is 5.69 Å². The molecule has 0 aliphatic carbocycles. The van der Waals surface area contributed by atoms with Gasteiger partial charge >= 0.3 is 0 Å². The Hall–Kier alpha value is -3.58. The summed E-state index contributed by atoms with van der Waals surface area (Å²) in [5.41, 5.74) is 10.5. The molecule has 4 nitrogen and oxygen atoms in total. The number of hydrogen-bond donors (Lipinski definition) is 2. The van der Waals surface area contributed by atoms with E-state index in [1.165, 1.54) is 0 Å². The summed E-state index contributed by atoms with van der Waals surface area (Å²) >= 11 is 0. The number of guanidine groups is 1. The molecule has 0 saturated heterocycles. The number of nitriles is 1. The first-order chi connectivity index (χ1) is 12.3. The molecule has 0 atom stereocenters. The highest BCUT2D eigenvalue weighted by molar-refractivity contribution is 5.92. The number of hydrogen-bond acceptors (Lipinski definition) is 2. The van der Waals surface area contributed by atoms with Gasteiger partial charge < -0.3 is 11.1 Å². The molecule has 0 aliphatic heterocycles. The van der Waals surface area contributed by atoms with Crippen molar-refractivity contribution in [2.24, 2.45) is 10.7 Å². The van der Waals surface area contributed by atoms with Gasteiger partial charge in [-0.2, -0.15) is 5.26 Å². The Morgan fingerprint density at radius 2 is 1.60 bits per heavy atom. The molecule has 3 N–H and O–H groups in total. The van der Waals surface area contributed by atoms with Crippen molar-refractivity contribution < 1.29 is 0 Å². The normalized spacial score (nSPS) is 10.9. The highest BCUT2D eigenvalue weighted by Gasteiger charge is 2.03. The number of anilines is 1. The van der Waals surface area contributed by atoms with Gasteiger partial charge in [0.1, 0.15) is 0 Å². The molecule has 0 spiro atoms. The fourth-order valence-corrected chi connectivity index (χ4v) is 2.51. The standard InChI is InChI=1S/C21H18N4/c22-14-18-6-4-5-9-20(18)17-12-10-16(11-13-17)15-24-21(23)25-19-7-2-1-3-8-19/h1-13H,15H2,(H3,23,24,25). The Labute approximate surface area is 147 Å². The number of aliphatic imine (C=N–C) groups is 1. The number of rotatable bonds is 4. The monoisotopic (exact) mass is 326 g/mol. The quantitative estimate of drug-likeness (QED) is 0.558. The molecule has 0 unspecified atom stereocenters. The predicted molar refractivity (Wildman–Crippen MR) is 102 cm³/mol. The van der Waals surface area contributed by atoms with Crippen molar-refractivity contribution >= 4 is 11.6 Å². The minimum atomic E-state index is 0.380. The van der Waals surface area contributed by atoms with E-state index in [1.807, 2.05) is 78.9 Å². The molecule has 0 amide bonds. The maximum Gasteiger partial charge on any atom is 0.193 e. The van der Waals surface area contributed by atoms with Crippen LogP contribution in [0.5, 0.6) is 0 Å². The predicted octanol–water partition coefficient (Wildman–Crippen LogP) is 4.15. The second-order valence-corrected chi connectivity index (χ2v) is 5.55. The van der Waals surface area contributed by atoms with E-state index in [4.69, 9.17) is 5.73 Å². The number of nitrogens with two attached hydrogens (primary N) is 1. The SMILES string of the molecule is N#Cc1ccccc1-c1ccc(CN=C(N)Nc2ccccc2)cc1. The summed E-state index contributed by atoms with van der Waals surface area (Å²) in [4.78, 5) is 4.36. The van der Waals surface area contributed by atoms with Crippen LogP contribution in [0.1, 0.15) is 11.1 Å². The average molecular weight is 326 g/mol. The van der Waals surface area contributed by atoms with Gasteiger partial charge in [0.15, 0.2) is 5.96 Å². The highest BCUT2D eigenvalue weighted by atomic mass is 15.1. The lowest BCUT2D eigenvalue weighted by Crippen LogP contribution is -2.22. The topological polar surface area (TPSA) is 74.2 Å². The first kappa shape index (κ1) is 16.3. The third-order valence-electron chi connectivity index (χ3n) is 3.79. The summed E-state index contributed by atoms with van der Waals surface area (Å²) in [5, 5.41) is 12.3. The van der Waals surface area contributed by atoms with Crippen LogP contribution in [0.3, 0.4) is 0 Å². The number of nitrogens with zero attached hydrogens (tertiary/aromatic N) is 2. The van der Waals surface area contributed by atoms with Crippen molar-refractivity contribution in [1.82, 2.24) is 0 Å². The van der Waals surface area contributed by atoms with Gasteiger partial charge in [0.05, 0.1) is 18.2 Å². The fraction of sp³-hybridized carbons (Fsp3) is 0.0476. The molecule has 3 aromatic rings. The van der Waals surface area contributed by atoms with Crippen LogP contribution in [-0.4, -0.2) is 5.96 Å². The Bertz CT molecular complexity index is 907. The van der Waals surface area contributed by atoms with Crippen molar-refractivity contribution in [1.29, 1.82) is 5.26 Å². The number of nitrogens with one attached hydrogen (secondary N) is 1. The third-order valence-corrected chi connectivity index (χ3v) is 3.79. The second-order valence-electron chi connectivity index (χ2n) is 5.55. The molecule has 3 aromatic carbocycles. The van der Waals surface area contributed by atoms with Crippen molar-refractivity contribution in [3.05, 3.63) is 90.0 Å². The summed E-state index contributed by atoms with van der Waals surface area (Å²) in [5.74, 6) is 0.380. The minimum absolute atomic E-state index is 0.380. The lowest BCUT2D eigenvalue weighted by Gasteiger charge is -2.07. The molecule has 0 aromatic heterocycles. The van der Waals surface area contributed by atoms with Crippen LogP contribution in [0.15, 0.2) is 83.9 Å². The van der Waals surface area contributed by atoms with Crippen molar-refractivity contribution in [3.63, 3.8) is 0 Å². The molecule has 122 valence electrons. The molecule has 0 fully saturated rings. The number of para-hydroxylation sites is 1. The molecular formula is C21H18N4. The second kappa shape index (κ2) is 7.80. The Balaban J connectivity index is 1.69. The summed E-state index contributed by atoms with van der Waals surface area (Å²) in [7, 11) is 0. The molecule has 4 heteroatoms. The molecule has 0 heterocycles. The van der Waals surface area contributed by atoms with Gasteiger partial charge in [0.25, 0.3) is 0 Å². The van der Waals surface area contributed by atoms with E-state index in [0.717, 1.165) is 22.4 Å². The molecule has 3 rings (SSSR count). The summed E-state index contributed by atoms with van der Waals surface area (Å²) in [6, 6.07) is 27.5. The van der Waals surface area contributed by atoms with Crippen LogP contribution in [0.25, 0.3) is 11.1 Å². The van der Waals surface area contributed by atoms with Crippen LogP contribution < -0.4 is 11.1 Å². The molecule has 0 saturated carbocycles. The van der Waals surface area contributed by atoms with Crippen LogP contribution in [0.2, 0.25) is 0 Å². The van der Waals surface area contributed by atoms with Gasteiger partial charge in [0.2, 0.25) is 0 Å². The summed E-state index contributed by atoms with van der Waals surface area (Å²) < 4.78 is 0. The van der Waals surface area contributed by atoms with Crippen LogP contribution in [-0.2, 0) is 6.54 Å². The Morgan fingerprint density at radius 3 is 2.32 bits per heavy atom. The average Bonchev–Trinajstić information content (AvgIpc) is 2.67. The van der Waals surface area contributed by atoms with Crippen molar-refractivity contribution in [2.45, 2.75) is 6.54 Å². The zero-order valence-corrected chi connectivity index (χ0v) is 13.7. The van der Waals surface area contributed by atoms with E-state index in [-0.39, 0.29) is 0 Å². The molecular weight excluding hydrogens is 308 g/mol. The molecule has 0 bridgehead atoms. The Morgan fingerprint density at radius 1 is 0.920 bits per heavy atom. The Kier molecular flexibility index (Phi) is 5.08. The molecule has 0 radical (unpaired) electrons. The van der Waals surface area contributed by atoms with Gasteiger partial charge in [-0.3, -0.25) is 0 Å². The molecule has 0 aliphatic rings. The zero-order valence-electron chi connectivity index (χ0n) is 13.7.